The molecule has 0 unspecified atom stereocenters. The van der Waals surface area contributed by atoms with Crippen LogP contribution in [0, 0.1) is 6.92 Å². The number of nitrogens with zero attached hydrogens (tertiary/aromatic N) is 1. The summed E-state index contributed by atoms with van der Waals surface area (Å²) < 4.78 is 5.26. The largest absolute Gasteiger partial charge is 0.462 e. The van der Waals surface area contributed by atoms with Gasteiger partial charge in [-0.25, -0.2) is 9.59 Å². The maximum absolute atomic E-state index is 12.9. The van der Waals surface area contributed by atoms with Gasteiger partial charge in [-0.2, -0.15) is 0 Å². The van der Waals surface area contributed by atoms with Crippen molar-refractivity contribution in [2.75, 3.05) is 18.5 Å². The van der Waals surface area contributed by atoms with Gasteiger partial charge in [0, 0.05) is 34.4 Å². The molecule has 0 saturated carbocycles. The Balaban J connectivity index is 1.69. The number of carbonyl (C=O) groups excluding carboxylic acids is 2. The van der Waals surface area contributed by atoms with Gasteiger partial charge in [-0.15, -0.1) is 0 Å². The van der Waals surface area contributed by atoms with Crippen molar-refractivity contribution in [3.05, 3.63) is 70.5 Å². The summed E-state index contributed by atoms with van der Waals surface area (Å²) in [5.74, 6) is -0.469. The lowest BCUT2D eigenvalue weighted by atomic mass is 10.0. The first kappa shape index (κ1) is 20.0. The van der Waals surface area contributed by atoms with Gasteiger partial charge >= 0.3 is 12.0 Å². The smallest absolute Gasteiger partial charge is 0.341 e. The predicted octanol–water partition coefficient (Wildman–Crippen LogP) is 5.12. The third-order valence-corrected chi connectivity index (χ3v) is 5.56. The van der Waals surface area contributed by atoms with E-state index in [-0.39, 0.29) is 12.6 Å². The van der Waals surface area contributed by atoms with E-state index < -0.39 is 5.97 Å². The lowest BCUT2D eigenvalue weighted by molar-refractivity contribution is -0.136. The number of rotatable bonds is 3. The minimum Gasteiger partial charge on any atom is -0.462 e. The molecule has 0 bridgehead atoms. The number of halogens is 1. The molecule has 0 radical (unpaired) electrons. The summed E-state index contributed by atoms with van der Waals surface area (Å²) in [6, 6.07) is 12.9. The first-order valence-electron chi connectivity index (χ1n) is 9.80. The first-order valence-corrected chi connectivity index (χ1v) is 10.2. The molecule has 2 aromatic carbocycles. The van der Waals surface area contributed by atoms with Gasteiger partial charge in [0.05, 0.1) is 17.9 Å². The number of nitrogens with one attached hydrogen (secondary N) is 2. The third kappa shape index (κ3) is 3.78. The highest BCUT2D eigenvalue weighted by atomic mass is 35.5. The van der Waals surface area contributed by atoms with Crippen molar-refractivity contribution in [2.24, 2.45) is 0 Å². The average molecular weight is 424 g/mol. The van der Waals surface area contributed by atoms with Gasteiger partial charge in [-0.05, 0) is 49.6 Å². The first-order chi connectivity index (χ1) is 14.5. The molecule has 6 nitrogen and oxygen atoms in total. The Bertz CT molecular complexity index is 1170. The van der Waals surface area contributed by atoms with E-state index in [1.54, 1.807) is 25.3 Å². The lowest BCUT2D eigenvalue weighted by Crippen LogP contribution is -2.32. The minimum atomic E-state index is -0.469. The van der Waals surface area contributed by atoms with E-state index in [2.05, 4.69) is 10.3 Å². The van der Waals surface area contributed by atoms with Gasteiger partial charge in [-0.1, -0.05) is 35.9 Å². The maximum Gasteiger partial charge on any atom is 0.341 e. The van der Waals surface area contributed by atoms with E-state index in [1.807, 2.05) is 37.3 Å². The molecule has 0 aliphatic carbocycles. The predicted molar refractivity (Wildman–Crippen MR) is 119 cm³/mol. The van der Waals surface area contributed by atoms with Crippen LogP contribution < -0.4 is 5.32 Å². The number of urea groups is 1. The SMILES string of the molecule is CCOC(=O)C1=CN(C(=O)Nc2ccc(C)c(Cl)c2)CCc2c1[nH]c1ccccc21. The van der Waals surface area contributed by atoms with E-state index >= 15 is 0 Å². The number of aryl methyl sites for hydroxylation is 1. The molecule has 2 amide bonds. The Morgan fingerprint density at radius 3 is 2.80 bits per heavy atom. The highest BCUT2D eigenvalue weighted by Gasteiger charge is 2.27. The van der Waals surface area contributed by atoms with Crippen LogP contribution in [0.2, 0.25) is 5.02 Å². The summed E-state index contributed by atoms with van der Waals surface area (Å²) in [4.78, 5) is 30.5. The van der Waals surface area contributed by atoms with E-state index in [4.69, 9.17) is 16.3 Å². The van der Waals surface area contributed by atoms with Crippen molar-refractivity contribution in [1.82, 2.24) is 9.88 Å². The monoisotopic (exact) mass is 423 g/mol. The Morgan fingerprint density at radius 2 is 2.03 bits per heavy atom. The molecule has 154 valence electrons. The number of carbonyl (C=O) groups is 2. The maximum atomic E-state index is 12.9. The zero-order valence-electron chi connectivity index (χ0n) is 16.8. The molecule has 30 heavy (non-hydrogen) atoms. The van der Waals surface area contributed by atoms with Crippen LogP contribution in [-0.2, 0) is 16.0 Å². The number of H-pyrrole nitrogens is 1. The van der Waals surface area contributed by atoms with Gasteiger partial charge in [0.15, 0.2) is 0 Å². The fourth-order valence-corrected chi connectivity index (χ4v) is 3.78. The zero-order valence-corrected chi connectivity index (χ0v) is 17.5. The molecule has 0 saturated heterocycles. The summed E-state index contributed by atoms with van der Waals surface area (Å²) in [5, 5.41) is 4.46. The second kappa shape index (κ2) is 8.24. The second-order valence-corrected chi connectivity index (χ2v) is 7.53. The van der Waals surface area contributed by atoms with Crippen LogP contribution in [0.3, 0.4) is 0 Å². The van der Waals surface area contributed by atoms with Gasteiger partial charge in [-0.3, -0.25) is 4.90 Å². The molecular formula is C23H22ClN3O3. The Kier molecular flexibility index (Phi) is 5.50. The van der Waals surface area contributed by atoms with E-state index in [0.717, 1.165) is 22.0 Å². The average Bonchev–Trinajstić information content (AvgIpc) is 2.98. The van der Waals surface area contributed by atoms with Gasteiger partial charge in [0.2, 0.25) is 0 Å². The summed E-state index contributed by atoms with van der Waals surface area (Å²) in [6.45, 7) is 4.32. The molecule has 1 aliphatic rings. The fourth-order valence-electron chi connectivity index (χ4n) is 3.60. The molecule has 7 heteroatoms. The Labute approximate surface area is 179 Å². The van der Waals surface area contributed by atoms with E-state index in [9.17, 15) is 9.59 Å². The van der Waals surface area contributed by atoms with Crippen LogP contribution in [0.1, 0.15) is 23.7 Å². The Morgan fingerprint density at radius 1 is 1.23 bits per heavy atom. The summed E-state index contributed by atoms with van der Waals surface area (Å²) in [5.41, 5.74) is 4.50. The molecule has 0 atom stereocenters. The van der Waals surface area contributed by atoms with Gasteiger partial charge < -0.3 is 15.0 Å². The summed E-state index contributed by atoms with van der Waals surface area (Å²) in [6.07, 6.45) is 2.16. The van der Waals surface area contributed by atoms with Crippen LogP contribution in [0.15, 0.2) is 48.7 Å². The van der Waals surface area contributed by atoms with Crippen molar-refractivity contribution >= 4 is 45.8 Å². The van der Waals surface area contributed by atoms with Crippen molar-refractivity contribution < 1.29 is 14.3 Å². The van der Waals surface area contributed by atoms with Gasteiger partial charge in [0.1, 0.15) is 0 Å². The number of amides is 2. The number of hydrogen-bond acceptors (Lipinski definition) is 3. The second-order valence-electron chi connectivity index (χ2n) is 7.12. The van der Waals surface area contributed by atoms with E-state index in [0.29, 0.717) is 34.9 Å². The number of aromatic amines is 1. The van der Waals surface area contributed by atoms with Crippen LogP contribution in [0.4, 0.5) is 10.5 Å². The van der Waals surface area contributed by atoms with Crippen LogP contribution in [0.5, 0.6) is 0 Å². The van der Waals surface area contributed by atoms with Crippen LogP contribution >= 0.6 is 11.6 Å². The number of esters is 1. The highest BCUT2D eigenvalue weighted by molar-refractivity contribution is 6.31. The molecule has 0 fully saturated rings. The molecule has 4 rings (SSSR count). The number of para-hydroxylation sites is 1. The minimum absolute atomic E-state index is 0.250. The highest BCUT2D eigenvalue weighted by Crippen LogP contribution is 2.31. The fraction of sp³-hybridized carbons (Fsp3) is 0.217. The number of aromatic nitrogens is 1. The molecule has 0 spiro atoms. The normalized spacial score (nSPS) is 13.4. The summed E-state index contributed by atoms with van der Waals surface area (Å²) in [7, 11) is 0. The van der Waals surface area contributed by atoms with Crippen LogP contribution in [0.25, 0.3) is 16.5 Å². The molecule has 2 N–H and O–H groups in total. The standard InChI is InChI=1S/C23H22ClN3O3/c1-3-30-22(28)18-13-27(23(29)25-15-9-8-14(2)19(24)12-15)11-10-17-16-6-4-5-7-20(16)26-21(17)18/h4-9,12-13,26H,3,10-11H2,1-2H3,(H,25,29). The zero-order chi connectivity index (χ0) is 21.3. The summed E-state index contributed by atoms with van der Waals surface area (Å²) >= 11 is 6.17. The lowest BCUT2D eigenvalue weighted by Gasteiger charge is -2.19. The third-order valence-electron chi connectivity index (χ3n) is 5.15. The van der Waals surface area contributed by atoms with Crippen LogP contribution in [-0.4, -0.2) is 35.0 Å². The molecule has 1 aliphatic heterocycles. The van der Waals surface area contributed by atoms with Gasteiger partial charge in [0.25, 0.3) is 0 Å². The molecule has 2 heterocycles. The topological polar surface area (TPSA) is 74.4 Å². The number of ether oxygens (including phenoxy) is 1. The van der Waals surface area contributed by atoms with E-state index in [1.165, 1.54) is 4.90 Å². The number of hydrogen-bond donors (Lipinski definition) is 2. The van der Waals surface area contributed by atoms with Crippen molar-refractivity contribution in [1.29, 1.82) is 0 Å². The van der Waals surface area contributed by atoms with Crippen molar-refractivity contribution in [2.45, 2.75) is 20.3 Å². The Hall–Kier alpha value is -3.25. The quantitative estimate of drug-likeness (QED) is 0.574. The molecule has 3 aromatic rings. The number of fused-ring (bicyclic) bond motifs is 3. The van der Waals surface area contributed by atoms with Crippen molar-refractivity contribution in [3.8, 4) is 0 Å². The molecule has 1 aromatic heterocycles. The number of anilines is 1. The van der Waals surface area contributed by atoms with Crippen molar-refractivity contribution in [3.63, 3.8) is 0 Å². The number of benzene rings is 2. The molecular weight excluding hydrogens is 402 g/mol.